The Kier molecular flexibility index (Phi) is 4.19. The third-order valence-corrected chi connectivity index (χ3v) is 11.1. The highest BCUT2D eigenvalue weighted by molar-refractivity contribution is 7.07. The number of rotatable bonds is 4. The van der Waals surface area contributed by atoms with Crippen molar-refractivity contribution < 1.29 is 4.79 Å². The number of amides is 1. The number of nitrogens with one attached hydrogen (secondary N) is 1. The van der Waals surface area contributed by atoms with E-state index in [1.54, 1.807) is 11.3 Å². The van der Waals surface area contributed by atoms with Gasteiger partial charge in [-0.25, -0.2) is 0 Å². The van der Waals surface area contributed by atoms with Crippen LogP contribution in [0.2, 0.25) is 0 Å². The maximum atomic E-state index is 13.1. The molecule has 1 amide bonds. The summed E-state index contributed by atoms with van der Waals surface area (Å²) in [5.74, 6) is 5.61. The fourth-order valence-corrected chi connectivity index (χ4v) is 10.8. The van der Waals surface area contributed by atoms with Gasteiger partial charge in [-0.2, -0.15) is 0 Å². The van der Waals surface area contributed by atoms with Crippen molar-refractivity contribution in [3.63, 3.8) is 0 Å². The van der Waals surface area contributed by atoms with E-state index in [1.807, 2.05) is 0 Å². The fraction of sp³-hybridized carbons (Fsp3) is 0.846. The van der Waals surface area contributed by atoms with Gasteiger partial charge in [0.1, 0.15) is 0 Å². The fourth-order valence-electron chi connectivity index (χ4n) is 9.84. The first-order valence-electron chi connectivity index (χ1n) is 13.0. The monoisotopic (exact) mass is 439 g/mol. The average molecular weight is 440 g/mol. The van der Waals surface area contributed by atoms with Crippen LogP contribution in [0.15, 0.2) is 10.4 Å². The van der Waals surface area contributed by atoms with E-state index in [1.165, 1.54) is 77.0 Å². The maximum Gasteiger partial charge on any atom is 0.226 e. The summed E-state index contributed by atoms with van der Waals surface area (Å²) in [6.07, 6.45) is 16.7. The molecular weight excluding hydrogens is 402 g/mol. The Morgan fingerprint density at radius 3 is 1.94 bits per heavy atom. The van der Waals surface area contributed by atoms with E-state index < -0.39 is 0 Å². The molecule has 8 fully saturated rings. The van der Waals surface area contributed by atoms with Crippen molar-refractivity contribution in [1.29, 1.82) is 0 Å². The Balaban J connectivity index is 1.08. The van der Waals surface area contributed by atoms with Gasteiger partial charge in [0.05, 0.1) is 12.0 Å². The van der Waals surface area contributed by atoms with Crippen molar-refractivity contribution in [2.45, 2.75) is 94.5 Å². The summed E-state index contributed by atoms with van der Waals surface area (Å²) in [6.45, 7) is 0. The van der Waals surface area contributed by atoms with E-state index in [0.717, 1.165) is 46.0 Å². The van der Waals surface area contributed by atoms with Crippen LogP contribution in [0.5, 0.6) is 0 Å². The van der Waals surface area contributed by atoms with Crippen molar-refractivity contribution in [3.8, 4) is 0 Å². The van der Waals surface area contributed by atoms with Gasteiger partial charge in [-0.15, -0.1) is 11.3 Å². The molecule has 8 bridgehead atoms. The summed E-state index contributed by atoms with van der Waals surface area (Å²) >= 11 is 1.75. The molecule has 8 saturated carbocycles. The van der Waals surface area contributed by atoms with Crippen LogP contribution in [0.4, 0.5) is 0 Å². The second-order valence-corrected chi connectivity index (χ2v) is 13.6. The first kappa shape index (κ1) is 19.4. The van der Waals surface area contributed by atoms with E-state index >= 15 is 0 Å². The molecule has 4 nitrogen and oxygen atoms in total. The van der Waals surface area contributed by atoms with Gasteiger partial charge in [-0.3, -0.25) is 9.79 Å². The molecule has 1 N–H and O–H groups in total. The standard InChI is InChI=1S/C26H37N3OS/c1-29-22(8-23(30)27-25-9-16-2-17(10-25)4-18(3-16)11-25)15-31-24(29)28-26-12-19-5-20(13-26)7-21(6-19)14-26/h15-21H,2-14H2,1H3,(H,27,30). The average Bonchev–Trinajstić information content (AvgIpc) is 2.98. The van der Waals surface area contributed by atoms with Gasteiger partial charge in [0, 0.05) is 23.7 Å². The molecule has 0 unspecified atom stereocenters. The van der Waals surface area contributed by atoms with Crippen LogP contribution in [0.1, 0.15) is 82.7 Å². The molecule has 0 spiro atoms. The molecule has 0 radical (unpaired) electrons. The van der Waals surface area contributed by atoms with Crippen molar-refractivity contribution >= 4 is 17.2 Å². The Bertz CT molecular complexity index is 901. The molecule has 8 aliphatic rings. The molecule has 31 heavy (non-hydrogen) atoms. The van der Waals surface area contributed by atoms with Crippen LogP contribution in [0, 0.1) is 35.5 Å². The predicted molar refractivity (Wildman–Crippen MR) is 123 cm³/mol. The predicted octanol–water partition coefficient (Wildman–Crippen LogP) is 4.58. The highest BCUT2D eigenvalue weighted by atomic mass is 32.1. The lowest BCUT2D eigenvalue weighted by Gasteiger charge is -2.56. The minimum atomic E-state index is 0.118. The highest BCUT2D eigenvalue weighted by Gasteiger charge is 2.52. The lowest BCUT2D eigenvalue weighted by atomic mass is 9.53. The number of hydrogen-bond donors (Lipinski definition) is 1. The molecule has 1 aromatic heterocycles. The number of nitrogens with zero attached hydrogens (tertiary/aromatic N) is 2. The molecule has 8 aliphatic carbocycles. The van der Waals surface area contributed by atoms with E-state index in [4.69, 9.17) is 4.99 Å². The lowest BCUT2D eigenvalue weighted by molar-refractivity contribution is -0.126. The summed E-state index contributed by atoms with van der Waals surface area (Å²) in [4.78, 5) is 19.7. The lowest BCUT2D eigenvalue weighted by Crippen LogP contribution is -2.60. The molecule has 168 valence electrons. The van der Waals surface area contributed by atoms with Crippen LogP contribution < -0.4 is 10.1 Å². The minimum absolute atomic E-state index is 0.118. The van der Waals surface area contributed by atoms with Crippen LogP contribution in [-0.2, 0) is 18.3 Å². The van der Waals surface area contributed by atoms with Gasteiger partial charge >= 0.3 is 0 Å². The second kappa shape index (κ2) is 6.71. The zero-order valence-electron chi connectivity index (χ0n) is 18.9. The number of aromatic nitrogens is 1. The molecule has 0 aromatic carbocycles. The zero-order chi connectivity index (χ0) is 20.8. The van der Waals surface area contributed by atoms with Crippen LogP contribution >= 0.6 is 11.3 Å². The van der Waals surface area contributed by atoms with Gasteiger partial charge in [0.15, 0.2) is 4.80 Å². The van der Waals surface area contributed by atoms with Gasteiger partial charge in [0.2, 0.25) is 5.91 Å². The molecular formula is C26H37N3OS. The number of carbonyl (C=O) groups is 1. The summed E-state index contributed by atoms with van der Waals surface area (Å²) in [5, 5.41) is 5.75. The van der Waals surface area contributed by atoms with Crippen LogP contribution in [0.3, 0.4) is 0 Å². The maximum absolute atomic E-state index is 13.1. The van der Waals surface area contributed by atoms with Gasteiger partial charge in [-0.05, 0) is 113 Å². The Hall–Kier alpha value is -1.10. The van der Waals surface area contributed by atoms with Crippen molar-refractivity contribution in [1.82, 2.24) is 9.88 Å². The first-order valence-corrected chi connectivity index (χ1v) is 13.8. The van der Waals surface area contributed by atoms with Crippen molar-refractivity contribution in [2.24, 2.45) is 47.5 Å². The van der Waals surface area contributed by atoms with Gasteiger partial charge < -0.3 is 9.88 Å². The van der Waals surface area contributed by atoms with Gasteiger partial charge in [0.25, 0.3) is 0 Å². The normalized spacial score (nSPS) is 47.3. The van der Waals surface area contributed by atoms with Crippen molar-refractivity contribution in [2.75, 3.05) is 0 Å². The topological polar surface area (TPSA) is 46.4 Å². The third-order valence-electron chi connectivity index (χ3n) is 10.1. The summed E-state index contributed by atoms with van der Waals surface area (Å²) in [7, 11) is 2.13. The van der Waals surface area contributed by atoms with Crippen LogP contribution in [0.25, 0.3) is 0 Å². The largest absolute Gasteiger partial charge is 0.350 e. The second-order valence-electron chi connectivity index (χ2n) is 12.7. The summed E-state index contributed by atoms with van der Waals surface area (Å²) in [5.41, 5.74) is 1.46. The zero-order valence-corrected chi connectivity index (χ0v) is 19.8. The SMILES string of the molecule is Cn1c(CC(=O)NC23CC4CC(CC(C4)C2)C3)csc1=NC12CC3CC(CC(C3)C1)C2. The van der Waals surface area contributed by atoms with Crippen LogP contribution in [-0.4, -0.2) is 21.6 Å². The molecule has 1 heterocycles. The molecule has 0 atom stereocenters. The third kappa shape index (κ3) is 3.28. The number of hydrogen-bond acceptors (Lipinski definition) is 3. The highest BCUT2D eigenvalue weighted by Crippen LogP contribution is 2.57. The Morgan fingerprint density at radius 2 is 1.42 bits per heavy atom. The van der Waals surface area contributed by atoms with E-state index in [-0.39, 0.29) is 17.0 Å². The minimum Gasteiger partial charge on any atom is -0.350 e. The molecule has 0 aliphatic heterocycles. The van der Waals surface area contributed by atoms with E-state index in [2.05, 4.69) is 22.3 Å². The van der Waals surface area contributed by atoms with E-state index in [0.29, 0.717) is 6.42 Å². The van der Waals surface area contributed by atoms with Crippen molar-refractivity contribution in [3.05, 3.63) is 15.9 Å². The number of carbonyl (C=O) groups excluding carboxylic acids is 1. The smallest absolute Gasteiger partial charge is 0.226 e. The molecule has 5 heteroatoms. The van der Waals surface area contributed by atoms with E-state index in [9.17, 15) is 4.79 Å². The summed E-state index contributed by atoms with van der Waals surface area (Å²) in [6, 6.07) is 0. The summed E-state index contributed by atoms with van der Waals surface area (Å²) < 4.78 is 2.22. The number of thiazole rings is 1. The van der Waals surface area contributed by atoms with Gasteiger partial charge in [-0.1, -0.05) is 0 Å². The Morgan fingerprint density at radius 1 is 0.935 bits per heavy atom. The molecule has 0 saturated heterocycles. The first-order chi connectivity index (χ1) is 14.9. The molecule has 1 aromatic rings. The Labute approximate surface area is 189 Å². The quantitative estimate of drug-likeness (QED) is 0.733. The molecule has 9 rings (SSSR count).